The number of methoxy groups -OCH3 is 1. The van der Waals surface area contributed by atoms with Crippen LogP contribution in [0.15, 0.2) is 27.8 Å². The number of carbonyl (C=O) groups is 1. The zero-order valence-electron chi connectivity index (χ0n) is 17.6. The molecule has 1 heterocycles. The van der Waals surface area contributed by atoms with Crippen molar-refractivity contribution in [3.05, 3.63) is 44.6 Å². The lowest BCUT2D eigenvalue weighted by Crippen LogP contribution is -2.41. The first-order valence-corrected chi connectivity index (χ1v) is 9.82. The number of aromatic amines is 1. The number of benzene rings is 1. The summed E-state index contributed by atoms with van der Waals surface area (Å²) in [5.74, 6) is -1.03. The highest BCUT2D eigenvalue weighted by atomic mass is 19.3. The molecule has 2 aromatic rings. The van der Waals surface area contributed by atoms with Gasteiger partial charge in [0.05, 0.1) is 7.11 Å². The summed E-state index contributed by atoms with van der Waals surface area (Å²) in [7, 11) is 1.25. The molecule has 11 heteroatoms. The molecular weight excluding hydrogens is 414 g/mol. The Bertz CT molecular complexity index is 1040. The van der Waals surface area contributed by atoms with Crippen LogP contribution in [0.5, 0.6) is 11.5 Å². The number of hydrogen-bond acceptors (Lipinski definition) is 6. The van der Waals surface area contributed by atoms with Gasteiger partial charge in [0.15, 0.2) is 17.2 Å². The van der Waals surface area contributed by atoms with Crippen molar-refractivity contribution in [1.82, 2.24) is 9.55 Å². The second kappa shape index (κ2) is 10.6. The zero-order valence-corrected chi connectivity index (χ0v) is 17.6. The van der Waals surface area contributed by atoms with Crippen molar-refractivity contribution in [3.8, 4) is 11.5 Å². The number of nitrogens with one attached hydrogen (secondary N) is 1. The van der Waals surface area contributed by atoms with Crippen molar-refractivity contribution < 1.29 is 23.0 Å². The number of halogens is 2. The molecule has 0 aliphatic carbocycles. The van der Waals surface area contributed by atoms with E-state index in [0.29, 0.717) is 12.8 Å². The largest absolute Gasteiger partial charge is 0.493 e. The molecule has 0 radical (unpaired) electrons. The summed E-state index contributed by atoms with van der Waals surface area (Å²) in [6.45, 7) is 1.11. The quantitative estimate of drug-likeness (QED) is 0.586. The molecule has 0 aliphatic rings. The van der Waals surface area contributed by atoms with Gasteiger partial charge in [0, 0.05) is 18.7 Å². The van der Waals surface area contributed by atoms with Crippen LogP contribution in [0.25, 0.3) is 0 Å². The number of alkyl halides is 2. The summed E-state index contributed by atoms with van der Waals surface area (Å²) in [5.41, 5.74) is 4.60. The highest BCUT2D eigenvalue weighted by Crippen LogP contribution is 2.30. The van der Waals surface area contributed by atoms with Gasteiger partial charge in [-0.15, -0.1) is 0 Å². The number of aromatic nitrogens is 2. The second-order valence-electron chi connectivity index (χ2n) is 6.70. The number of anilines is 2. The molecule has 0 aliphatic heterocycles. The van der Waals surface area contributed by atoms with Crippen LogP contribution in [0.4, 0.5) is 20.3 Å². The second-order valence-corrected chi connectivity index (χ2v) is 6.70. The van der Waals surface area contributed by atoms with Crippen LogP contribution >= 0.6 is 0 Å². The standard InChI is InChI=1S/C20H26F2N4O5/c1-4-6-10-25(15-16(23)26(9-5-2)20(29)24-17(15)27)18(28)12-7-8-13(31-19(21)22)14(11-12)30-3/h7-8,11,19H,4-6,9-10,23H2,1-3H3,(H,24,27,29). The topological polar surface area (TPSA) is 120 Å². The Labute approximate surface area is 177 Å². The minimum atomic E-state index is -3.06. The number of nitrogen functional groups attached to an aromatic ring is 1. The molecule has 1 aromatic carbocycles. The molecule has 31 heavy (non-hydrogen) atoms. The van der Waals surface area contributed by atoms with Gasteiger partial charge >= 0.3 is 12.3 Å². The van der Waals surface area contributed by atoms with Gasteiger partial charge < -0.3 is 20.1 Å². The molecule has 1 amide bonds. The Morgan fingerprint density at radius 1 is 1.23 bits per heavy atom. The van der Waals surface area contributed by atoms with Crippen LogP contribution in [-0.4, -0.2) is 35.7 Å². The van der Waals surface area contributed by atoms with Crippen molar-refractivity contribution in [2.75, 3.05) is 24.3 Å². The van der Waals surface area contributed by atoms with E-state index < -0.39 is 23.8 Å². The molecule has 0 bridgehead atoms. The lowest BCUT2D eigenvalue weighted by molar-refractivity contribution is -0.0512. The van der Waals surface area contributed by atoms with Gasteiger partial charge in [0.2, 0.25) is 0 Å². The summed E-state index contributed by atoms with van der Waals surface area (Å²) in [6, 6.07) is 3.71. The van der Waals surface area contributed by atoms with E-state index in [1.54, 1.807) is 0 Å². The minimum absolute atomic E-state index is 0.0700. The van der Waals surface area contributed by atoms with Crippen molar-refractivity contribution in [3.63, 3.8) is 0 Å². The molecule has 0 saturated carbocycles. The average Bonchev–Trinajstić information content (AvgIpc) is 2.72. The summed E-state index contributed by atoms with van der Waals surface area (Å²) in [5, 5.41) is 0. The number of H-pyrrole nitrogens is 1. The maximum Gasteiger partial charge on any atom is 0.387 e. The number of nitrogens with two attached hydrogens (primary N) is 1. The Hall–Kier alpha value is -3.37. The highest BCUT2D eigenvalue weighted by molar-refractivity contribution is 6.07. The molecule has 9 nitrogen and oxygen atoms in total. The normalized spacial score (nSPS) is 10.9. The van der Waals surface area contributed by atoms with Gasteiger partial charge in [0.25, 0.3) is 11.5 Å². The van der Waals surface area contributed by atoms with Crippen LogP contribution in [0.2, 0.25) is 0 Å². The first kappa shape index (κ1) is 23.9. The summed E-state index contributed by atoms with van der Waals surface area (Å²) >= 11 is 0. The maximum absolute atomic E-state index is 13.3. The van der Waals surface area contributed by atoms with Crippen molar-refractivity contribution >= 4 is 17.4 Å². The lowest BCUT2D eigenvalue weighted by atomic mass is 10.1. The molecular formula is C20H26F2N4O5. The van der Waals surface area contributed by atoms with E-state index in [-0.39, 0.29) is 41.7 Å². The van der Waals surface area contributed by atoms with Gasteiger partial charge in [-0.25, -0.2) is 4.79 Å². The van der Waals surface area contributed by atoms with Crippen molar-refractivity contribution in [2.45, 2.75) is 46.3 Å². The molecule has 0 spiro atoms. The van der Waals surface area contributed by atoms with E-state index in [1.165, 1.54) is 34.8 Å². The monoisotopic (exact) mass is 440 g/mol. The van der Waals surface area contributed by atoms with Gasteiger partial charge in [-0.1, -0.05) is 20.3 Å². The van der Waals surface area contributed by atoms with Gasteiger partial charge in [-0.3, -0.25) is 19.1 Å². The van der Waals surface area contributed by atoms with Crippen LogP contribution in [-0.2, 0) is 6.54 Å². The first-order valence-electron chi connectivity index (χ1n) is 9.82. The summed E-state index contributed by atoms with van der Waals surface area (Å²) in [6.07, 6.45) is 1.86. The van der Waals surface area contributed by atoms with E-state index in [4.69, 9.17) is 10.5 Å². The minimum Gasteiger partial charge on any atom is -0.493 e. The van der Waals surface area contributed by atoms with E-state index in [1.807, 2.05) is 13.8 Å². The molecule has 3 N–H and O–H groups in total. The molecule has 1 aromatic heterocycles. The van der Waals surface area contributed by atoms with E-state index >= 15 is 0 Å². The predicted octanol–water partition coefficient (Wildman–Crippen LogP) is 2.59. The van der Waals surface area contributed by atoms with Crippen molar-refractivity contribution in [2.24, 2.45) is 0 Å². The Balaban J connectivity index is 2.58. The molecule has 0 atom stereocenters. The third-order valence-corrected chi connectivity index (χ3v) is 4.54. The number of unbranched alkanes of at least 4 members (excludes halogenated alkanes) is 1. The third-order valence-electron chi connectivity index (χ3n) is 4.54. The smallest absolute Gasteiger partial charge is 0.387 e. The van der Waals surface area contributed by atoms with E-state index in [2.05, 4.69) is 9.72 Å². The molecule has 0 unspecified atom stereocenters. The van der Waals surface area contributed by atoms with Gasteiger partial charge in [0.1, 0.15) is 5.82 Å². The molecule has 0 fully saturated rings. The summed E-state index contributed by atoms with van der Waals surface area (Å²) in [4.78, 5) is 41.4. The zero-order chi connectivity index (χ0) is 23.1. The van der Waals surface area contributed by atoms with Crippen LogP contribution in [0.3, 0.4) is 0 Å². The Morgan fingerprint density at radius 3 is 2.52 bits per heavy atom. The fourth-order valence-corrected chi connectivity index (χ4v) is 3.06. The maximum atomic E-state index is 13.3. The third kappa shape index (κ3) is 5.41. The SMILES string of the molecule is CCCCN(C(=O)c1ccc(OC(F)F)c(OC)c1)c1c(N)n(CCC)c(=O)[nH]c1=O. The van der Waals surface area contributed by atoms with Gasteiger partial charge in [-0.2, -0.15) is 8.78 Å². The van der Waals surface area contributed by atoms with E-state index in [9.17, 15) is 23.2 Å². The van der Waals surface area contributed by atoms with Crippen LogP contribution in [0, 0.1) is 0 Å². The first-order chi connectivity index (χ1) is 14.7. The number of nitrogens with zero attached hydrogens (tertiary/aromatic N) is 2. The number of ether oxygens (including phenoxy) is 2. The van der Waals surface area contributed by atoms with Gasteiger partial charge in [-0.05, 0) is 31.0 Å². The Kier molecular flexibility index (Phi) is 8.17. The number of carbonyl (C=O) groups excluding carboxylic acids is 1. The van der Waals surface area contributed by atoms with Crippen molar-refractivity contribution in [1.29, 1.82) is 0 Å². The molecule has 2 rings (SSSR count). The lowest BCUT2D eigenvalue weighted by Gasteiger charge is -2.25. The summed E-state index contributed by atoms with van der Waals surface area (Å²) < 4.78 is 35.8. The number of rotatable bonds is 10. The highest BCUT2D eigenvalue weighted by Gasteiger charge is 2.26. The van der Waals surface area contributed by atoms with Crippen LogP contribution < -0.4 is 31.4 Å². The molecule has 170 valence electrons. The fraction of sp³-hybridized carbons (Fsp3) is 0.450. The number of hydrogen-bond donors (Lipinski definition) is 2. The Morgan fingerprint density at radius 2 is 1.94 bits per heavy atom. The molecule has 0 saturated heterocycles. The number of amides is 1. The van der Waals surface area contributed by atoms with E-state index in [0.717, 1.165) is 6.42 Å². The fourth-order valence-electron chi connectivity index (χ4n) is 3.06. The predicted molar refractivity (Wildman–Crippen MR) is 112 cm³/mol. The van der Waals surface area contributed by atoms with Crippen LogP contribution in [0.1, 0.15) is 43.5 Å². The average molecular weight is 440 g/mol.